The average molecular weight is 480 g/mol. The molecule has 8 nitrogen and oxygen atoms in total. The van der Waals surface area contributed by atoms with Gasteiger partial charge in [0.15, 0.2) is 0 Å². The van der Waals surface area contributed by atoms with Gasteiger partial charge in [-0.1, -0.05) is 24.3 Å². The fraction of sp³-hybridized carbons (Fsp3) is 0.214. The number of nitrogens with one attached hydrogen (secondary N) is 3. The number of rotatable bonds is 4. The van der Waals surface area contributed by atoms with Crippen molar-refractivity contribution in [2.75, 3.05) is 23.7 Å². The van der Waals surface area contributed by atoms with Gasteiger partial charge in [0.1, 0.15) is 0 Å². The first-order chi connectivity index (χ1) is 17.6. The third-order valence-electron chi connectivity index (χ3n) is 7.18. The summed E-state index contributed by atoms with van der Waals surface area (Å²) in [5, 5.41) is 5.87. The lowest BCUT2D eigenvalue weighted by molar-refractivity contribution is -0.118. The Balaban J connectivity index is 1.11. The van der Waals surface area contributed by atoms with Crippen LogP contribution in [0.3, 0.4) is 0 Å². The lowest BCUT2D eigenvalue weighted by Gasteiger charge is -2.34. The van der Waals surface area contributed by atoms with Crippen LogP contribution in [0.5, 0.6) is 0 Å². The number of likely N-dealkylation sites (tertiary alicyclic amines) is 1. The fourth-order valence-corrected chi connectivity index (χ4v) is 5.33. The number of carbonyl (C=O) groups excluding carboxylic acids is 3. The number of benzene rings is 3. The van der Waals surface area contributed by atoms with Gasteiger partial charge in [0.05, 0.1) is 23.3 Å². The molecule has 0 spiro atoms. The molecule has 36 heavy (non-hydrogen) atoms. The van der Waals surface area contributed by atoms with Crippen LogP contribution in [0.2, 0.25) is 0 Å². The summed E-state index contributed by atoms with van der Waals surface area (Å²) in [7, 11) is 0. The van der Waals surface area contributed by atoms with Crippen molar-refractivity contribution >= 4 is 40.1 Å². The number of para-hydroxylation sites is 1. The van der Waals surface area contributed by atoms with Gasteiger partial charge in [-0.3, -0.25) is 14.4 Å². The highest BCUT2D eigenvalue weighted by Gasteiger charge is 2.38. The van der Waals surface area contributed by atoms with Crippen molar-refractivity contribution in [1.29, 1.82) is 0 Å². The minimum absolute atomic E-state index is 0.0519. The Morgan fingerprint density at radius 3 is 2.64 bits per heavy atom. The molecular formula is C28H25N5O3. The zero-order chi connectivity index (χ0) is 24.6. The minimum Gasteiger partial charge on any atom is -0.345 e. The van der Waals surface area contributed by atoms with Crippen molar-refractivity contribution in [2.24, 2.45) is 5.92 Å². The molecule has 8 heteroatoms. The van der Waals surface area contributed by atoms with Crippen LogP contribution in [0.25, 0.3) is 11.0 Å². The van der Waals surface area contributed by atoms with Crippen LogP contribution in [0.4, 0.5) is 11.4 Å². The molecule has 0 bridgehead atoms. The molecule has 0 aliphatic carbocycles. The molecule has 4 aromatic rings. The summed E-state index contributed by atoms with van der Waals surface area (Å²) in [6.45, 7) is 1.19. The Labute approximate surface area is 207 Å². The third kappa shape index (κ3) is 4.00. The minimum atomic E-state index is -0.257. The van der Waals surface area contributed by atoms with Gasteiger partial charge in [-0.2, -0.15) is 0 Å². The van der Waals surface area contributed by atoms with Gasteiger partial charge in [0, 0.05) is 35.6 Å². The molecule has 1 unspecified atom stereocenters. The number of H-pyrrole nitrogens is 1. The standard InChI is InChI=1S/C28H25N5O3/c34-26(18-8-9-23-24(15-18)30-16-29-23)31-20-5-3-4-19(14-20)28(36)33-12-10-17(11-13-33)25-21-6-1-2-7-22(21)32-27(25)35/h1-9,14-17,25H,10-13H2,(H,29,30)(H,31,34)(H,32,35). The second-order valence-corrected chi connectivity index (χ2v) is 9.35. The van der Waals surface area contributed by atoms with Crippen molar-refractivity contribution in [3.05, 3.63) is 89.7 Å². The number of piperidine rings is 1. The van der Waals surface area contributed by atoms with Crippen LogP contribution in [0.15, 0.2) is 73.1 Å². The number of carbonyl (C=O) groups is 3. The van der Waals surface area contributed by atoms with Gasteiger partial charge in [-0.25, -0.2) is 4.98 Å². The van der Waals surface area contributed by atoms with E-state index in [1.165, 1.54) is 0 Å². The number of amides is 3. The maximum Gasteiger partial charge on any atom is 0.255 e. The summed E-state index contributed by atoms with van der Waals surface area (Å²) in [6.07, 6.45) is 3.13. The van der Waals surface area contributed by atoms with Crippen molar-refractivity contribution < 1.29 is 14.4 Å². The van der Waals surface area contributed by atoms with E-state index >= 15 is 0 Å². The van der Waals surface area contributed by atoms with Crippen LogP contribution in [0, 0.1) is 5.92 Å². The molecule has 1 saturated heterocycles. The summed E-state index contributed by atoms with van der Waals surface area (Å²) in [5.74, 6) is -0.226. The number of aromatic nitrogens is 2. The summed E-state index contributed by atoms with van der Waals surface area (Å²) >= 11 is 0. The number of fused-ring (bicyclic) bond motifs is 2. The molecule has 2 aliphatic rings. The van der Waals surface area contributed by atoms with E-state index in [4.69, 9.17) is 0 Å². The van der Waals surface area contributed by atoms with Gasteiger partial charge in [0.25, 0.3) is 11.8 Å². The lowest BCUT2D eigenvalue weighted by Crippen LogP contribution is -2.40. The van der Waals surface area contributed by atoms with Crippen molar-refractivity contribution in [3.63, 3.8) is 0 Å². The van der Waals surface area contributed by atoms with E-state index in [0.717, 1.165) is 35.1 Å². The topological polar surface area (TPSA) is 107 Å². The van der Waals surface area contributed by atoms with Crippen molar-refractivity contribution in [2.45, 2.75) is 18.8 Å². The monoisotopic (exact) mass is 479 g/mol. The Morgan fingerprint density at radius 1 is 0.944 bits per heavy atom. The summed E-state index contributed by atoms with van der Waals surface area (Å²) in [6, 6.07) is 20.1. The van der Waals surface area contributed by atoms with Gasteiger partial charge < -0.3 is 20.5 Å². The van der Waals surface area contributed by atoms with E-state index in [0.29, 0.717) is 29.9 Å². The molecule has 3 N–H and O–H groups in total. The summed E-state index contributed by atoms with van der Waals surface area (Å²) in [5.41, 5.74) is 5.12. The predicted octanol–water partition coefficient (Wildman–Crippen LogP) is 4.40. The van der Waals surface area contributed by atoms with Crippen LogP contribution >= 0.6 is 0 Å². The van der Waals surface area contributed by atoms with Gasteiger partial charge in [0.2, 0.25) is 5.91 Å². The van der Waals surface area contributed by atoms with Crippen LogP contribution in [-0.4, -0.2) is 45.7 Å². The molecular weight excluding hydrogens is 454 g/mol. The number of hydrogen-bond donors (Lipinski definition) is 3. The molecule has 3 amide bonds. The first kappa shape index (κ1) is 22.0. The van der Waals surface area contributed by atoms with Gasteiger partial charge >= 0.3 is 0 Å². The summed E-state index contributed by atoms with van der Waals surface area (Å²) in [4.78, 5) is 47.6. The molecule has 1 aromatic heterocycles. The Morgan fingerprint density at radius 2 is 1.78 bits per heavy atom. The lowest BCUT2D eigenvalue weighted by atomic mass is 9.80. The number of anilines is 2. The van der Waals surface area contributed by atoms with Crippen molar-refractivity contribution in [1.82, 2.24) is 14.9 Å². The highest BCUT2D eigenvalue weighted by Crippen LogP contribution is 2.41. The SMILES string of the molecule is O=C(Nc1cccc(C(=O)N2CCC(C3C(=O)Nc4ccccc43)CC2)c1)c1ccc2nc[nH]c2c1. The zero-order valence-electron chi connectivity index (χ0n) is 19.5. The van der Waals surface area contributed by atoms with Crippen molar-refractivity contribution in [3.8, 4) is 0 Å². The molecule has 1 fully saturated rings. The molecule has 6 rings (SSSR count). The molecule has 0 radical (unpaired) electrons. The number of nitrogens with zero attached hydrogens (tertiary/aromatic N) is 2. The van der Waals surface area contributed by atoms with E-state index in [-0.39, 0.29) is 29.6 Å². The van der Waals surface area contributed by atoms with Crippen LogP contribution in [0.1, 0.15) is 45.0 Å². The number of aromatic amines is 1. The number of imidazole rings is 1. The van der Waals surface area contributed by atoms with Crippen LogP contribution < -0.4 is 10.6 Å². The smallest absolute Gasteiger partial charge is 0.255 e. The van der Waals surface area contributed by atoms with Gasteiger partial charge in [-0.15, -0.1) is 0 Å². The maximum absolute atomic E-state index is 13.2. The number of hydrogen-bond acceptors (Lipinski definition) is 4. The normalized spacial score (nSPS) is 17.6. The Kier molecular flexibility index (Phi) is 5.48. The predicted molar refractivity (Wildman–Crippen MR) is 137 cm³/mol. The second-order valence-electron chi connectivity index (χ2n) is 9.35. The first-order valence-corrected chi connectivity index (χ1v) is 12.1. The molecule has 2 aliphatic heterocycles. The van der Waals surface area contributed by atoms with Crippen LogP contribution in [-0.2, 0) is 4.79 Å². The van der Waals surface area contributed by atoms with E-state index in [1.54, 1.807) is 48.8 Å². The fourth-order valence-electron chi connectivity index (χ4n) is 5.33. The molecule has 1 atom stereocenters. The van der Waals surface area contributed by atoms with E-state index in [2.05, 4.69) is 20.6 Å². The largest absolute Gasteiger partial charge is 0.345 e. The average Bonchev–Trinajstić information content (AvgIpc) is 3.51. The Hall–Kier alpha value is -4.46. The first-order valence-electron chi connectivity index (χ1n) is 12.1. The second kappa shape index (κ2) is 8.96. The highest BCUT2D eigenvalue weighted by molar-refractivity contribution is 6.06. The summed E-state index contributed by atoms with van der Waals surface area (Å²) < 4.78 is 0. The van der Waals surface area contributed by atoms with Gasteiger partial charge in [-0.05, 0) is 66.8 Å². The molecule has 180 valence electrons. The Bertz CT molecular complexity index is 1490. The molecule has 3 aromatic carbocycles. The molecule has 0 saturated carbocycles. The van der Waals surface area contributed by atoms with E-state index < -0.39 is 0 Å². The van der Waals surface area contributed by atoms with E-state index in [1.807, 2.05) is 29.2 Å². The maximum atomic E-state index is 13.2. The molecule has 3 heterocycles. The highest BCUT2D eigenvalue weighted by atomic mass is 16.2. The zero-order valence-corrected chi connectivity index (χ0v) is 19.5. The third-order valence-corrected chi connectivity index (χ3v) is 7.18. The quantitative estimate of drug-likeness (QED) is 0.403. The van der Waals surface area contributed by atoms with E-state index in [9.17, 15) is 14.4 Å².